The fraction of sp³-hybridized carbons (Fsp3) is 0.273. The number of nitrogens with one attached hydrogen (secondary N) is 1. The van der Waals surface area contributed by atoms with Gasteiger partial charge in [-0.1, -0.05) is 37.8 Å². The van der Waals surface area contributed by atoms with E-state index in [4.69, 9.17) is 9.84 Å². The Morgan fingerprint density at radius 2 is 1.52 bits per heavy atom. The second kappa shape index (κ2) is 9.56. The normalized spacial score (nSPS) is 11.3. The third-order valence-corrected chi connectivity index (χ3v) is 4.04. The highest BCUT2D eigenvalue weighted by Gasteiger charge is 2.25. The van der Waals surface area contributed by atoms with Crippen LogP contribution < -0.4 is 5.32 Å². The van der Waals surface area contributed by atoms with Crippen molar-refractivity contribution in [3.05, 3.63) is 70.8 Å². The molecule has 0 aliphatic carbocycles. The molecule has 5 heteroatoms. The van der Waals surface area contributed by atoms with Gasteiger partial charge in [0.1, 0.15) is 6.04 Å². The van der Waals surface area contributed by atoms with Crippen LogP contribution >= 0.6 is 0 Å². The first kappa shape index (κ1) is 20.2. The third-order valence-electron chi connectivity index (χ3n) is 4.04. The summed E-state index contributed by atoms with van der Waals surface area (Å²) in [6, 6.07) is 13.5. The van der Waals surface area contributed by atoms with Gasteiger partial charge in [0, 0.05) is 16.7 Å². The molecule has 0 heterocycles. The quantitative estimate of drug-likeness (QED) is 0.631. The van der Waals surface area contributed by atoms with E-state index in [1.165, 1.54) is 7.11 Å². The lowest BCUT2D eigenvalue weighted by atomic mass is 10.0. The van der Waals surface area contributed by atoms with Gasteiger partial charge in [-0.25, -0.2) is 4.79 Å². The molecular formula is C22H23NO4. The fourth-order valence-electron chi connectivity index (χ4n) is 2.39. The number of methoxy groups -OCH3 is 1. The predicted molar refractivity (Wildman–Crippen MR) is 103 cm³/mol. The van der Waals surface area contributed by atoms with Gasteiger partial charge in [-0.05, 0) is 47.9 Å². The molecule has 2 aromatic rings. The predicted octanol–water partition coefficient (Wildman–Crippen LogP) is 2.51. The van der Waals surface area contributed by atoms with E-state index in [2.05, 4.69) is 17.2 Å². The van der Waals surface area contributed by atoms with Crippen LogP contribution in [-0.4, -0.2) is 30.1 Å². The van der Waals surface area contributed by atoms with Crippen LogP contribution in [0, 0.1) is 17.8 Å². The number of aliphatic hydroxyl groups is 1. The van der Waals surface area contributed by atoms with Gasteiger partial charge in [-0.2, -0.15) is 0 Å². The number of carbonyl (C=O) groups is 2. The van der Waals surface area contributed by atoms with E-state index < -0.39 is 12.0 Å². The Kier molecular flexibility index (Phi) is 7.16. The second-order valence-electron chi connectivity index (χ2n) is 6.40. The molecular weight excluding hydrogens is 342 g/mol. The number of amides is 1. The average Bonchev–Trinajstić information content (AvgIpc) is 2.70. The molecule has 5 nitrogen and oxygen atoms in total. The molecule has 0 fully saturated rings. The highest BCUT2D eigenvalue weighted by molar-refractivity contribution is 5.96. The molecule has 0 saturated carbocycles. The largest absolute Gasteiger partial charge is 0.467 e. The van der Waals surface area contributed by atoms with Crippen LogP contribution in [0.3, 0.4) is 0 Å². The standard InChI is InChI=1S/C22H23NO4/c1-15(2)20(22(26)27-3)23-21(25)19-12-10-17(11-13-19)5-4-16-6-8-18(14-24)9-7-16/h6-13,15,20,24H,14H2,1-3H3,(H,23,25)/t20-/m0/s1. The summed E-state index contributed by atoms with van der Waals surface area (Å²) in [5, 5.41) is 11.7. The summed E-state index contributed by atoms with van der Waals surface area (Å²) in [6.07, 6.45) is 0. The molecule has 0 spiro atoms. The zero-order valence-corrected chi connectivity index (χ0v) is 15.7. The van der Waals surface area contributed by atoms with Crippen LogP contribution in [0.25, 0.3) is 0 Å². The Labute approximate surface area is 159 Å². The number of ether oxygens (including phenoxy) is 1. The van der Waals surface area contributed by atoms with Gasteiger partial charge in [0.2, 0.25) is 0 Å². The van der Waals surface area contributed by atoms with Crippen LogP contribution in [0.4, 0.5) is 0 Å². The molecule has 0 aliphatic heterocycles. The van der Waals surface area contributed by atoms with Crippen molar-refractivity contribution < 1.29 is 19.4 Å². The molecule has 27 heavy (non-hydrogen) atoms. The minimum atomic E-state index is -0.691. The third kappa shape index (κ3) is 5.70. The summed E-state index contributed by atoms with van der Waals surface area (Å²) in [7, 11) is 1.30. The van der Waals surface area contributed by atoms with Crippen LogP contribution in [0.1, 0.15) is 40.9 Å². The number of aliphatic hydroxyl groups excluding tert-OH is 1. The molecule has 1 amide bonds. The lowest BCUT2D eigenvalue weighted by Crippen LogP contribution is -2.45. The number of hydrogen-bond donors (Lipinski definition) is 2. The molecule has 2 N–H and O–H groups in total. The number of rotatable bonds is 5. The number of esters is 1. The molecule has 0 bridgehead atoms. The van der Waals surface area contributed by atoms with E-state index in [0.717, 1.165) is 16.7 Å². The minimum Gasteiger partial charge on any atom is -0.467 e. The summed E-state index contributed by atoms with van der Waals surface area (Å²) in [5.41, 5.74) is 2.89. The molecule has 140 valence electrons. The molecule has 0 unspecified atom stereocenters. The van der Waals surface area contributed by atoms with Gasteiger partial charge in [-0.3, -0.25) is 4.79 Å². The first-order chi connectivity index (χ1) is 12.9. The molecule has 2 aromatic carbocycles. The number of carbonyl (C=O) groups excluding carboxylic acids is 2. The molecule has 0 aromatic heterocycles. The van der Waals surface area contributed by atoms with Crippen molar-refractivity contribution in [3.63, 3.8) is 0 Å². The van der Waals surface area contributed by atoms with E-state index >= 15 is 0 Å². The maximum Gasteiger partial charge on any atom is 0.328 e. The summed E-state index contributed by atoms with van der Waals surface area (Å²) in [4.78, 5) is 24.1. The van der Waals surface area contributed by atoms with Gasteiger partial charge in [-0.15, -0.1) is 0 Å². The van der Waals surface area contributed by atoms with Crippen molar-refractivity contribution in [1.29, 1.82) is 0 Å². The highest BCUT2D eigenvalue weighted by Crippen LogP contribution is 2.08. The van der Waals surface area contributed by atoms with E-state index in [0.29, 0.717) is 5.56 Å². The average molecular weight is 365 g/mol. The monoisotopic (exact) mass is 365 g/mol. The molecule has 0 radical (unpaired) electrons. The minimum absolute atomic E-state index is 0.00484. The van der Waals surface area contributed by atoms with Crippen LogP contribution in [-0.2, 0) is 16.1 Å². The maximum absolute atomic E-state index is 12.4. The lowest BCUT2D eigenvalue weighted by molar-refractivity contribution is -0.144. The van der Waals surface area contributed by atoms with Gasteiger partial charge in [0.15, 0.2) is 0 Å². The SMILES string of the molecule is COC(=O)[C@@H](NC(=O)c1ccc(C#Cc2ccc(CO)cc2)cc1)C(C)C. The summed E-state index contributed by atoms with van der Waals surface area (Å²) in [5.74, 6) is 5.19. The second-order valence-corrected chi connectivity index (χ2v) is 6.40. The Balaban J connectivity index is 2.07. The summed E-state index contributed by atoms with van der Waals surface area (Å²) >= 11 is 0. The number of benzene rings is 2. The first-order valence-electron chi connectivity index (χ1n) is 8.65. The van der Waals surface area contributed by atoms with E-state index in [1.807, 2.05) is 38.1 Å². The Morgan fingerprint density at radius 1 is 1.00 bits per heavy atom. The van der Waals surface area contributed by atoms with Crippen molar-refractivity contribution in [2.45, 2.75) is 26.5 Å². The van der Waals surface area contributed by atoms with Crippen LogP contribution in [0.15, 0.2) is 48.5 Å². The van der Waals surface area contributed by atoms with Gasteiger partial charge in [0.25, 0.3) is 5.91 Å². The fourth-order valence-corrected chi connectivity index (χ4v) is 2.39. The first-order valence-corrected chi connectivity index (χ1v) is 8.65. The topological polar surface area (TPSA) is 75.6 Å². The Hall–Kier alpha value is -3.10. The summed E-state index contributed by atoms with van der Waals surface area (Å²) < 4.78 is 4.73. The van der Waals surface area contributed by atoms with Crippen molar-refractivity contribution in [2.24, 2.45) is 5.92 Å². The van der Waals surface area contributed by atoms with Gasteiger partial charge < -0.3 is 15.2 Å². The van der Waals surface area contributed by atoms with Gasteiger partial charge >= 0.3 is 5.97 Å². The molecule has 2 rings (SSSR count). The van der Waals surface area contributed by atoms with Gasteiger partial charge in [0.05, 0.1) is 13.7 Å². The lowest BCUT2D eigenvalue weighted by Gasteiger charge is -2.19. The maximum atomic E-state index is 12.4. The van der Waals surface area contributed by atoms with Crippen LogP contribution in [0.2, 0.25) is 0 Å². The number of hydrogen-bond acceptors (Lipinski definition) is 4. The Morgan fingerprint density at radius 3 is 1.96 bits per heavy atom. The van der Waals surface area contributed by atoms with Crippen LogP contribution in [0.5, 0.6) is 0 Å². The Bertz CT molecular complexity index is 843. The smallest absolute Gasteiger partial charge is 0.328 e. The van der Waals surface area contributed by atoms with Crippen molar-refractivity contribution >= 4 is 11.9 Å². The van der Waals surface area contributed by atoms with E-state index in [1.54, 1.807) is 24.3 Å². The van der Waals surface area contributed by atoms with E-state index in [9.17, 15) is 9.59 Å². The molecule has 1 atom stereocenters. The van der Waals surface area contributed by atoms with E-state index in [-0.39, 0.29) is 18.4 Å². The molecule has 0 saturated heterocycles. The van der Waals surface area contributed by atoms with Crippen molar-refractivity contribution in [1.82, 2.24) is 5.32 Å². The molecule has 0 aliphatic rings. The zero-order chi connectivity index (χ0) is 19.8. The summed E-state index contributed by atoms with van der Waals surface area (Å²) in [6.45, 7) is 3.69. The zero-order valence-electron chi connectivity index (χ0n) is 15.7. The van der Waals surface area contributed by atoms with Crippen molar-refractivity contribution in [3.8, 4) is 11.8 Å². The highest BCUT2D eigenvalue weighted by atomic mass is 16.5. The van der Waals surface area contributed by atoms with Crippen molar-refractivity contribution in [2.75, 3.05) is 7.11 Å².